The fourth-order valence-corrected chi connectivity index (χ4v) is 3.05. The highest BCUT2D eigenvalue weighted by molar-refractivity contribution is 5.82. The average Bonchev–Trinajstić information content (AvgIpc) is 2.52. The molecule has 23 heavy (non-hydrogen) atoms. The van der Waals surface area contributed by atoms with Crippen LogP contribution in [0.3, 0.4) is 0 Å². The van der Waals surface area contributed by atoms with Crippen LogP contribution in [0.15, 0.2) is 0 Å². The molecule has 2 amide bonds. The molecule has 5 heteroatoms. The average molecular weight is 325 g/mol. The summed E-state index contributed by atoms with van der Waals surface area (Å²) >= 11 is 0. The first-order chi connectivity index (χ1) is 10.9. The molecule has 2 atom stereocenters. The van der Waals surface area contributed by atoms with Crippen molar-refractivity contribution in [2.24, 2.45) is 11.7 Å². The molecule has 1 heterocycles. The quantitative estimate of drug-likeness (QED) is 0.697. The van der Waals surface area contributed by atoms with E-state index in [1.807, 2.05) is 30.6 Å². The number of hydrogen-bond donors (Lipinski definition) is 1. The van der Waals surface area contributed by atoms with E-state index in [-0.39, 0.29) is 23.8 Å². The molecule has 0 bridgehead atoms. The van der Waals surface area contributed by atoms with Crippen LogP contribution < -0.4 is 5.73 Å². The minimum absolute atomic E-state index is 0.0125. The normalized spacial score (nSPS) is 20.0. The van der Waals surface area contributed by atoms with Crippen LogP contribution in [0, 0.1) is 5.92 Å². The molecule has 1 aliphatic heterocycles. The molecular weight excluding hydrogens is 290 g/mol. The van der Waals surface area contributed by atoms with Crippen molar-refractivity contribution in [2.75, 3.05) is 19.6 Å². The summed E-state index contributed by atoms with van der Waals surface area (Å²) < 4.78 is 0. The van der Waals surface area contributed by atoms with Gasteiger partial charge in [-0.15, -0.1) is 0 Å². The third-order valence-electron chi connectivity index (χ3n) is 4.76. The highest BCUT2D eigenvalue weighted by Crippen LogP contribution is 2.15. The van der Waals surface area contributed by atoms with Gasteiger partial charge in [-0.2, -0.15) is 0 Å². The number of carbonyl (C=O) groups is 2. The van der Waals surface area contributed by atoms with Crippen LogP contribution in [0.4, 0.5) is 0 Å². The SMILES string of the molecule is CCCCCCCC(=O)N1CCN(C(=O)[C@H](N)C(C)C)C[C@H]1C. The molecule has 134 valence electrons. The van der Waals surface area contributed by atoms with Crippen molar-refractivity contribution in [2.45, 2.75) is 78.3 Å². The van der Waals surface area contributed by atoms with E-state index in [4.69, 9.17) is 5.73 Å². The first kappa shape index (κ1) is 19.9. The lowest BCUT2D eigenvalue weighted by Crippen LogP contribution is -2.58. The molecule has 0 aromatic heterocycles. The van der Waals surface area contributed by atoms with Gasteiger partial charge in [0.05, 0.1) is 6.04 Å². The summed E-state index contributed by atoms with van der Waals surface area (Å²) in [5.74, 6) is 0.383. The lowest BCUT2D eigenvalue weighted by Gasteiger charge is -2.41. The molecule has 1 saturated heterocycles. The summed E-state index contributed by atoms with van der Waals surface area (Å²) in [6, 6.07) is -0.363. The zero-order valence-electron chi connectivity index (χ0n) is 15.4. The minimum Gasteiger partial charge on any atom is -0.338 e. The van der Waals surface area contributed by atoms with E-state index in [1.54, 1.807) is 0 Å². The van der Waals surface area contributed by atoms with Crippen molar-refractivity contribution < 1.29 is 9.59 Å². The molecule has 2 N–H and O–H groups in total. The zero-order chi connectivity index (χ0) is 17.4. The Hall–Kier alpha value is -1.10. The predicted octanol–water partition coefficient (Wildman–Crippen LogP) is 2.39. The molecule has 0 saturated carbocycles. The molecular formula is C18H35N3O2. The van der Waals surface area contributed by atoms with E-state index in [0.29, 0.717) is 26.1 Å². The number of carbonyl (C=O) groups excluding carboxylic acids is 2. The van der Waals surface area contributed by atoms with Gasteiger partial charge in [0.15, 0.2) is 0 Å². The van der Waals surface area contributed by atoms with Gasteiger partial charge >= 0.3 is 0 Å². The Kier molecular flexibility index (Phi) is 8.59. The second-order valence-electron chi connectivity index (χ2n) is 7.15. The van der Waals surface area contributed by atoms with Crippen LogP contribution in [-0.2, 0) is 9.59 Å². The maximum atomic E-state index is 12.4. The smallest absolute Gasteiger partial charge is 0.239 e. The Labute approximate surface area is 141 Å². The van der Waals surface area contributed by atoms with Crippen molar-refractivity contribution >= 4 is 11.8 Å². The van der Waals surface area contributed by atoms with Gasteiger partial charge < -0.3 is 15.5 Å². The number of hydrogen-bond acceptors (Lipinski definition) is 3. The summed E-state index contributed by atoms with van der Waals surface area (Å²) in [5.41, 5.74) is 5.96. The van der Waals surface area contributed by atoms with Crippen molar-refractivity contribution in [3.8, 4) is 0 Å². The Morgan fingerprint density at radius 2 is 1.78 bits per heavy atom. The van der Waals surface area contributed by atoms with E-state index in [1.165, 1.54) is 19.3 Å². The van der Waals surface area contributed by atoms with Gasteiger partial charge in [0.2, 0.25) is 11.8 Å². The highest BCUT2D eigenvalue weighted by atomic mass is 16.2. The van der Waals surface area contributed by atoms with Gasteiger partial charge in [0, 0.05) is 32.1 Å². The van der Waals surface area contributed by atoms with E-state index >= 15 is 0 Å². The third-order valence-corrected chi connectivity index (χ3v) is 4.76. The molecule has 0 aromatic rings. The van der Waals surface area contributed by atoms with E-state index in [2.05, 4.69) is 6.92 Å². The minimum atomic E-state index is -0.442. The number of unbranched alkanes of at least 4 members (excludes halogenated alkanes) is 4. The van der Waals surface area contributed by atoms with Gasteiger partial charge in [-0.3, -0.25) is 9.59 Å². The molecule has 0 aliphatic carbocycles. The maximum absolute atomic E-state index is 12.4. The van der Waals surface area contributed by atoms with Crippen LogP contribution >= 0.6 is 0 Å². The number of piperazine rings is 1. The predicted molar refractivity (Wildman–Crippen MR) is 93.9 cm³/mol. The van der Waals surface area contributed by atoms with Crippen LogP contribution in [-0.4, -0.2) is 53.3 Å². The molecule has 1 rings (SSSR count). The summed E-state index contributed by atoms with van der Waals surface area (Å²) in [7, 11) is 0. The molecule has 0 aromatic carbocycles. The van der Waals surface area contributed by atoms with E-state index < -0.39 is 6.04 Å². The molecule has 1 fully saturated rings. The van der Waals surface area contributed by atoms with E-state index in [0.717, 1.165) is 12.8 Å². The number of rotatable bonds is 8. The number of amides is 2. The third kappa shape index (κ3) is 6.13. The monoisotopic (exact) mass is 325 g/mol. The van der Waals surface area contributed by atoms with Crippen LogP contribution in [0.2, 0.25) is 0 Å². The number of nitrogens with zero attached hydrogens (tertiary/aromatic N) is 2. The highest BCUT2D eigenvalue weighted by Gasteiger charge is 2.32. The molecule has 0 radical (unpaired) electrons. The molecule has 5 nitrogen and oxygen atoms in total. The first-order valence-corrected chi connectivity index (χ1v) is 9.22. The molecule has 0 unspecified atom stereocenters. The topological polar surface area (TPSA) is 66.6 Å². The molecule has 0 spiro atoms. The summed E-state index contributed by atoms with van der Waals surface area (Å²) in [6.45, 7) is 9.97. The lowest BCUT2D eigenvalue weighted by atomic mass is 10.0. The van der Waals surface area contributed by atoms with Crippen molar-refractivity contribution in [3.63, 3.8) is 0 Å². The lowest BCUT2D eigenvalue weighted by molar-refractivity contribution is -0.143. The van der Waals surface area contributed by atoms with Crippen molar-refractivity contribution in [1.29, 1.82) is 0 Å². The Balaban J connectivity index is 2.40. The van der Waals surface area contributed by atoms with Crippen LogP contribution in [0.5, 0.6) is 0 Å². The molecule has 1 aliphatic rings. The fourth-order valence-electron chi connectivity index (χ4n) is 3.05. The van der Waals surface area contributed by atoms with E-state index in [9.17, 15) is 9.59 Å². The first-order valence-electron chi connectivity index (χ1n) is 9.22. The van der Waals surface area contributed by atoms with Gasteiger partial charge in [0.1, 0.15) is 0 Å². The van der Waals surface area contributed by atoms with Gasteiger partial charge in [-0.1, -0.05) is 46.5 Å². The fraction of sp³-hybridized carbons (Fsp3) is 0.889. The summed E-state index contributed by atoms with van der Waals surface area (Å²) in [4.78, 5) is 28.4. The standard InChI is InChI=1S/C18H35N3O2/c1-5-6-7-8-9-10-16(22)21-12-11-20(13-15(21)4)18(23)17(19)14(2)3/h14-15,17H,5-13,19H2,1-4H3/t15-,17-/m1/s1. The second kappa shape index (κ2) is 9.91. The summed E-state index contributed by atoms with van der Waals surface area (Å²) in [6.07, 6.45) is 6.43. The van der Waals surface area contributed by atoms with Crippen molar-refractivity contribution in [1.82, 2.24) is 9.80 Å². The van der Waals surface area contributed by atoms with Gasteiger partial charge in [0.25, 0.3) is 0 Å². The second-order valence-corrected chi connectivity index (χ2v) is 7.15. The van der Waals surface area contributed by atoms with Crippen LogP contribution in [0.25, 0.3) is 0 Å². The van der Waals surface area contributed by atoms with Gasteiger partial charge in [-0.05, 0) is 19.3 Å². The Morgan fingerprint density at radius 1 is 1.13 bits per heavy atom. The Bertz CT molecular complexity index is 384. The van der Waals surface area contributed by atoms with Crippen molar-refractivity contribution in [3.05, 3.63) is 0 Å². The Morgan fingerprint density at radius 3 is 2.35 bits per heavy atom. The van der Waals surface area contributed by atoms with Crippen LogP contribution in [0.1, 0.15) is 66.2 Å². The largest absolute Gasteiger partial charge is 0.338 e. The number of nitrogens with two attached hydrogens (primary N) is 1. The maximum Gasteiger partial charge on any atom is 0.239 e. The summed E-state index contributed by atoms with van der Waals surface area (Å²) in [5, 5.41) is 0. The zero-order valence-corrected chi connectivity index (χ0v) is 15.4. The van der Waals surface area contributed by atoms with Gasteiger partial charge in [-0.25, -0.2) is 0 Å².